The van der Waals surface area contributed by atoms with Gasteiger partial charge in [-0.05, 0) is 68.9 Å². The van der Waals surface area contributed by atoms with Gasteiger partial charge in [0.1, 0.15) is 5.82 Å². The number of fused-ring (bicyclic) bond motifs is 1. The highest BCUT2D eigenvalue weighted by atomic mass is 19.1. The number of anilines is 1. The lowest BCUT2D eigenvalue weighted by atomic mass is 10.0. The topological polar surface area (TPSA) is 53.3 Å². The summed E-state index contributed by atoms with van der Waals surface area (Å²) in [5.74, 6) is 1.41. The summed E-state index contributed by atoms with van der Waals surface area (Å²) in [5, 5.41) is 13.5. The van der Waals surface area contributed by atoms with Crippen LogP contribution in [-0.2, 0) is 6.54 Å². The van der Waals surface area contributed by atoms with Gasteiger partial charge in [0.15, 0.2) is 17.4 Å². The zero-order valence-electron chi connectivity index (χ0n) is 25.2. The Morgan fingerprint density at radius 3 is 2.40 bits per heavy atom. The lowest BCUT2D eigenvalue weighted by molar-refractivity contribution is 0.271. The van der Waals surface area contributed by atoms with Crippen molar-refractivity contribution in [2.75, 3.05) is 65.4 Å². The van der Waals surface area contributed by atoms with Crippen molar-refractivity contribution in [2.24, 2.45) is 0 Å². The largest absolute Gasteiger partial charge is 0.494 e. The molecule has 5 rings (SSSR count). The summed E-state index contributed by atoms with van der Waals surface area (Å²) in [5.41, 5.74) is 2.88. The molecule has 0 saturated carbocycles. The molecule has 4 aromatic rings. The molecule has 0 spiro atoms. The van der Waals surface area contributed by atoms with Gasteiger partial charge in [0, 0.05) is 60.9 Å². The molecule has 1 atom stereocenters. The van der Waals surface area contributed by atoms with E-state index in [2.05, 4.69) is 33.9 Å². The molecule has 3 aromatic carbocycles. The fraction of sp³-hybridized carbons (Fsp3) is 0.412. The third-order valence-corrected chi connectivity index (χ3v) is 8.54. The van der Waals surface area contributed by atoms with Crippen LogP contribution in [0.4, 0.5) is 10.1 Å². The lowest BCUT2D eigenvalue weighted by Crippen LogP contribution is -2.46. The Kier molecular flexibility index (Phi) is 9.55. The van der Waals surface area contributed by atoms with E-state index in [-0.39, 0.29) is 17.7 Å². The molecule has 224 valence electrons. The molecule has 0 bridgehead atoms. The van der Waals surface area contributed by atoms with Crippen molar-refractivity contribution in [1.82, 2.24) is 14.4 Å². The standard InChI is InChI=1S/C34H43FN4O3/c1-5-37-18-20-38(21-19-37)31-13-8-11-27-28(31)24-39(34(27)40)30(25-15-16-32(41-3)33(22-25)42-4)14-9-17-36(2)23-26-10-6-7-12-29(26)35/h6-8,10-13,15-16,22,24,30,40H,5,9,14,17-21,23H2,1-4H3/t30-/m1/s1. The van der Waals surface area contributed by atoms with Crippen molar-refractivity contribution < 1.29 is 19.0 Å². The van der Waals surface area contributed by atoms with Crippen LogP contribution < -0.4 is 14.4 Å². The van der Waals surface area contributed by atoms with E-state index in [0.29, 0.717) is 23.6 Å². The Morgan fingerprint density at radius 2 is 1.69 bits per heavy atom. The quantitative estimate of drug-likeness (QED) is 0.219. The molecule has 42 heavy (non-hydrogen) atoms. The zero-order chi connectivity index (χ0) is 29.6. The number of aromatic hydroxyl groups is 1. The third-order valence-electron chi connectivity index (χ3n) is 8.54. The number of hydrogen-bond acceptors (Lipinski definition) is 6. The Morgan fingerprint density at radius 1 is 0.929 bits per heavy atom. The summed E-state index contributed by atoms with van der Waals surface area (Å²) in [4.78, 5) is 7.04. The van der Waals surface area contributed by atoms with Gasteiger partial charge in [0.25, 0.3) is 0 Å². The van der Waals surface area contributed by atoms with Crippen molar-refractivity contribution in [3.63, 3.8) is 0 Å². The van der Waals surface area contributed by atoms with E-state index >= 15 is 0 Å². The molecule has 1 aromatic heterocycles. The van der Waals surface area contributed by atoms with Gasteiger partial charge in [-0.1, -0.05) is 37.3 Å². The first-order valence-corrected chi connectivity index (χ1v) is 14.9. The number of likely N-dealkylation sites (N-methyl/N-ethyl adjacent to an activating group) is 1. The van der Waals surface area contributed by atoms with Gasteiger partial charge in [-0.25, -0.2) is 4.39 Å². The van der Waals surface area contributed by atoms with E-state index < -0.39 is 0 Å². The Bertz CT molecular complexity index is 1480. The molecule has 0 radical (unpaired) electrons. The van der Waals surface area contributed by atoms with Crippen molar-refractivity contribution in [3.8, 4) is 17.4 Å². The molecular formula is C34H43FN4O3. The van der Waals surface area contributed by atoms with Crippen LogP contribution in [-0.4, -0.2) is 80.0 Å². The van der Waals surface area contributed by atoms with Gasteiger partial charge in [-0.3, -0.25) is 0 Å². The predicted octanol–water partition coefficient (Wildman–Crippen LogP) is 6.15. The van der Waals surface area contributed by atoms with E-state index in [1.165, 1.54) is 6.07 Å². The van der Waals surface area contributed by atoms with Crippen LogP contribution in [0, 0.1) is 5.82 Å². The second-order valence-corrected chi connectivity index (χ2v) is 11.1. The summed E-state index contributed by atoms with van der Waals surface area (Å²) in [7, 11) is 5.29. The van der Waals surface area contributed by atoms with Gasteiger partial charge < -0.3 is 33.8 Å². The average Bonchev–Trinajstić information content (AvgIpc) is 3.36. The fourth-order valence-corrected chi connectivity index (χ4v) is 6.12. The van der Waals surface area contributed by atoms with Crippen LogP contribution in [0.5, 0.6) is 17.4 Å². The van der Waals surface area contributed by atoms with Gasteiger partial charge in [0.05, 0.1) is 20.3 Å². The highest BCUT2D eigenvalue weighted by Crippen LogP contribution is 2.40. The summed E-state index contributed by atoms with van der Waals surface area (Å²) in [6, 6.07) is 19.0. The summed E-state index contributed by atoms with van der Waals surface area (Å²) < 4.78 is 27.4. The molecular weight excluding hydrogens is 531 g/mol. The maximum absolute atomic E-state index is 14.2. The minimum absolute atomic E-state index is 0.135. The number of halogens is 1. The molecule has 2 heterocycles. The molecule has 0 amide bonds. The number of aromatic nitrogens is 1. The monoisotopic (exact) mass is 574 g/mol. The summed E-state index contributed by atoms with van der Waals surface area (Å²) in [6.07, 6.45) is 3.73. The molecule has 0 unspecified atom stereocenters. The molecule has 1 N–H and O–H groups in total. The third kappa shape index (κ3) is 6.35. The molecule has 1 aliphatic heterocycles. The van der Waals surface area contributed by atoms with Gasteiger partial charge in [0.2, 0.25) is 0 Å². The number of rotatable bonds is 12. The van der Waals surface area contributed by atoms with Gasteiger partial charge in [-0.2, -0.15) is 0 Å². The van der Waals surface area contributed by atoms with E-state index in [9.17, 15) is 9.50 Å². The Labute approximate surface area is 248 Å². The first-order chi connectivity index (χ1) is 20.4. The molecule has 8 heteroatoms. The van der Waals surface area contributed by atoms with Crippen LogP contribution in [0.2, 0.25) is 0 Å². The highest BCUT2D eigenvalue weighted by Gasteiger charge is 2.24. The molecule has 1 saturated heterocycles. The Hall–Kier alpha value is -3.75. The summed E-state index contributed by atoms with van der Waals surface area (Å²) >= 11 is 0. The molecule has 1 fully saturated rings. The van der Waals surface area contributed by atoms with Crippen molar-refractivity contribution in [1.29, 1.82) is 0 Å². The van der Waals surface area contributed by atoms with Crippen LogP contribution in [0.15, 0.2) is 66.9 Å². The van der Waals surface area contributed by atoms with E-state index in [1.54, 1.807) is 20.3 Å². The highest BCUT2D eigenvalue weighted by molar-refractivity contribution is 5.98. The van der Waals surface area contributed by atoms with Crippen LogP contribution in [0.3, 0.4) is 0 Å². The van der Waals surface area contributed by atoms with Crippen LogP contribution in [0.1, 0.15) is 36.9 Å². The smallest absolute Gasteiger partial charge is 0.199 e. The predicted molar refractivity (Wildman–Crippen MR) is 168 cm³/mol. The van der Waals surface area contributed by atoms with E-state index in [1.807, 2.05) is 54.1 Å². The second-order valence-electron chi connectivity index (χ2n) is 11.1. The van der Waals surface area contributed by atoms with Crippen molar-refractivity contribution in [3.05, 3.63) is 83.8 Å². The number of piperazine rings is 1. The molecule has 0 aliphatic carbocycles. The summed E-state index contributed by atoms with van der Waals surface area (Å²) in [6.45, 7) is 8.60. The van der Waals surface area contributed by atoms with Gasteiger partial charge in [-0.15, -0.1) is 0 Å². The SMILES string of the molecule is CCN1CCN(c2cccc3c(O)n([C@H](CCCN(C)Cc4ccccc4F)c4ccc(OC)c(OC)c4)cc23)CC1. The minimum Gasteiger partial charge on any atom is -0.494 e. The number of hydrogen-bond donors (Lipinski definition) is 1. The van der Waals surface area contributed by atoms with E-state index in [4.69, 9.17) is 9.47 Å². The molecule has 1 aliphatic rings. The van der Waals surface area contributed by atoms with Gasteiger partial charge >= 0.3 is 0 Å². The lowest BCUT2D eigenvalue weighted by Gasteiger charge is -2.35. The average molecular weight is 575 g/mol. The number of ether oxygens (including phenoxy) is 2. The molecule has 7 nitrogen and oxygen atoms in total. The number of benzene rings is 3. The zero-order valence-corrected chi connectivity index (χ0v) is 25.2. The fourth-order valence-electron chi connectivity index (χ4n) is 6.12. The first kappa shape index (κ1) is 29.7. The number of methoxy groups -OCH3 is 2. The number of nitrogens with zero attached hydrogens (tertiary/aromatic N) is 4. The van der Waals surface area contributed by atoms with Crippen molar-refractivity contribution >= 4 is 16.5 Å². The maximum Gasteiger partial charge on any atom is 0.199 e. The second kappa shape index (κ2) is 13.5. The first-order valence-electron chi connectivity index (χ1n) is 14.9. The van der Waals surface area contributed by atoms with E-state index in [0.717, 1.165) is 74.1 Å². The maximum atomic E-state index is 14.2. The van der Waals surface area contributed by atoms with Crippen molar-refractivity contribution in [2.45, 2.75) is 32.4 Å². The normalized spacial score (nSPS) is 15.0. The minimum atomic E-state index is -0.177. The van der Waals surface area contributed by atoms with Crippen LogP contribution >= 0.6 is 0 Å². The van der Waals surface area contributed by atoms with Crippen LogP contribution in [0.25, 0.3) is 10.8 Å². The Balaban J connectivity index is 1.44.